The van der Waals surface area contributed by atoms with Crippen molar-refractivity contribution in [2.24, 2.45) is 0 Å². The van der Waals surface area contributed by atoms with Gasteiger partial charge in [-0.3, -0.25) is 4.79 Å². The number of carbonyl (C=O) groups excluding carboxylic acids is 1. The Hall–Kier alpha value is -3.91. The smallest absolute Gasteiger partial charge is 0.253 e. The molecular weight excluding hydrogens is 605 g/mol. The van der Waals surface area contributed by atoms with E-state index >= 15 is 0 Å². The Morgan fingerprint density at radius 2 is 1.91 bits per heavy atom. The number of hydrogen-bond acceptors (Lipinski definition) is 11. The van der Waals surface area contributed by atoms with Gasteiger partial charge < -0.3 is 19.5 Å². The molecule has 1 unspecified atom stereocenters. The molecule has 43 heavy (non-hydrogen) atoms. The third-order valence-electron chi connectivity index (χ3n) is 7.35. The summed E-state index contributed by atoms with van der Waals surface area (Å²) in [5.74, 6) is 1.28. The molecule has 1 N–H and O–H groups in total. The van der Waals surface area contributed by atoms with Crippen LogP contribution in [0.15, 0.2) is 42.6 Å². The van der Waals surface area contributed by atoms with Crippen LogP contribution >= 0.6 is 34.0 Å². The highest BCUT2D eigenvalue weighted by Crippen LogP contribution is 2.39. The number of benzene rings is 2. The average Bonchev–Trinajstić information content (AvgIpc) is 3.78. The van der Waals surface area contributed by atoms with Crippen LogP contribution < -0.4 is 9.47 Å². The number of aromatic nitrogens is 5. The lowest BCUT2D eigenvalue weighted by atomic mass is 10.1. The Bertz CT molecular complexity index is 1930. The van der Waals surface area contributed by atoms with Gasteiger partial charge in [0.2, 0.25) is 4.96 Å². The van der Waals surface area contributed by atoms with Crippen molar-refractivity contribution >= 4 is 55.1 Å². The molecule has 0 saturated carbocycles. The number of aryl methyl sites for hydroxylation is 2. The molecule has 1 saturated heterocycles. The number of amides is 1. The van der Waals surface area contributed by atoms with Crippen LogP contribution in [0.5, 0.6) is 11.5 Å². The molecule has 5 heterocycles. The fourth-order valence-electron chi connectivity index (χ4n) is 5.12. The zero-order valence-electron chi connectivity index (χ0n) is 23.7. The highest BCUT2D eigenvalue weighted by atomic mass is 32.1. The molecule has 0 aliphatic carbocycles. The molecule has 1 amide bonds. The summed E-state index contributed by atoms with van der Waals surface area (Å²) in [5, 5.41) is 17.0. The maximum Gasteiger partial charge on any atom is 0.253 e. The summed E-state index contributed by atoms with van der Waals surface area (Å²) in [4.78, 5) is 30.9. The minimum Gasteiger partial charge on any atom is -0.497 e. The van der Waals surface area contributed by atoms with Crippen molar-refractivity contribution in [2.75, 3.05) is 20.2 Å². The lowest BCUT2D eigenvalue weighted by molar-refractivity contribution is 0.0474. The Balaban J connectivity index is 1.10. The van der Waals surface area contributed by atoms with Gasteiger partial charge in [-0.1, -0.05) is 23.5 Å². The second-order valence-electron chi connectivity index (χ2n) is 10.4. The number of aliphatic hydroxyl groups is 1. The summed E-state index contributed by atoms with van der Waals surface area (Å²) in [6.07, 6.45) is 3.02. The highest BCUT2D eigenvalue weighted by molar-refractivity contribution is 7.22. The number of hydrogen-bond donors (Lipinski definition) is 1. The number of ether oxygens (including phenoxy) is 2. The van der Waals surface area contributed by atoms with Crippen molar-refractivity contribution in [3.8, 4) is 32.8 Å². The number of methoxy groups -OCH3 is 1. The number of likely N-dealkylation sites (tertiary alicyclic amines) is 1. The molecule has 0 spiro atoms. The molecule has 0 radical (unpaired) electrons. The van der Waals surface area contributed by atoms with Crippen LogP contribution in [-0.4, -0.2) is 66.8 Å². The maximum atomic E-state index is 12.9. The minimum absolute atomic E-state index is 0.0509. The predicted octanol–water partition coefficient (Wildman–Crippen LogP) is 5.99. The number of fused-ring (bicyclic) bond motifs is 2. The van der Waals surface area contributed by atoms with Crippen LogP contribution in [0.25, 0.3) is 36.5 Å². The number of aliphatic hydroxyl groups excluding tert-OH is 1. The molecule has 10 nitrogen and oxygen atoms in total. The molecule has 1 fully saturated rings. The van der Waals surface area contributed by atoms with E-state index in [0.717, 1.165) is 64.9 Å². The molecule has 1 aliphatic rings. The first-order chi connectivity index (χ1) is 20.8. The topological polar surface area (TPSA) is 115 Å². The number of nitrogens with zero attached hydrogens (tertiary/aromatic N) is 6. The number of imidazole rings is 1. The quantitative estimate of drug-likeness (QED) is 0.228. The molecule has 2 aromatic carbocycles. The molecule has 6 aromatic rings. The molecule has 7 rings (SSSR count). The number of piperidine rings is 1. The van der Waals surface area contributed by atoms with Crippen LogP contribution in [-0.2, 0) is 6.61 Å². The normalized spacial score (nSPS) is 15.4. The Morgan fingerprint density at radius 3 is 2.67 bits per heavy atom. The van der Waals surface area contributed by atoms with Gasteiger partial charge in [-0.05, 0) is 38.8 Å². The van der Waals surface area contributed by atoms with Gasteiger partial charge in [0.25, 0.3) is 5.91 Å². The first-order valence-electron chi connectivity index (χ1n) is 13.8. The van der Waals surface area contributed by atoms with Crippen LogP contribution in [0.3, 0.4) is 0 Å². The van der Waals surface area contributed by atoms with E-state index in [0.29, 0.717) is 30.2 Å². The summed E-state index contributed by atoms with van der Waals surface area (Å²) in [5.41, 5.74) is 3.95. The van der Waals surface area contributed by atoms with E-state index in [-0.39, 0.29) is 12.5 Å². The predicted molar refractivity (Wildman–Crippen MR) is 169 cm³/mol. The molecule has 13 heteroatoms. The van der Waals surface area contributed by atoms with E-state index in [1.54, 1.807) is 39.2 Å². The van der Waals surface area contributed by atoms with Crippen LogP contribution in [0, 0.1) is 13.8 Å². The van der Waals surface area contributed by atoms with Crippen molar-refractivity contribution in [3.05, 3.63) is 63.7 Å². The van der Waals surface area contributed by atoms with E-state index < -0.39 is 6.10 Å². The maximum absolute atomic E-state index is 12.9. The van der Waals surface area contributed by atoms with Crippen molar-refractivity contribution in [3.63, 3.8) is 0 Å². The van der Waals surface area contributed by atoms with Crippen LogP contribution in [0.2, 0.25) is 0 Å². The fraction of sp³-hybridized carbons (Fsp3) is 0.300. The zero-order valence-corrected chi connectivity index (χ0v) is 26.2. The molecule has 4 aromatic heterocycles. The Kier molecular flexibility index (Phi) is 7.33. The molecule has 220 valence electrons. The summed E-state index contributed by atoms with van der Waals surface area (Å²) in [6.45, 7) is 5.34. The molecule has 0 bridgehead atoms. The number of carbonyl (C=O) groups is 1. The van der Waals surface area contributed by atoms with E-state index in [2.05, 4.69) is 5.10 Å². The Morgan fingerprint density at radius 1 is 1.07 bits per heavy atom. The van der Waals surface area contributed by atoms with Gasteiger partial charge in [-0.15, -0.1) is 22.7 Å². The van der Waals surface area contributed by atoms with Crippen LogP contribution in [0.4, 0.5) is 0 Å². The van der Waals surface area contributed by atoms with Crippen molar-refractivity contribution in [1.82, 2.24) is 29.5 Å². The molecule has 1 atom stereocenters. The minimum atomic E-state index is -0.446. The first kappa shape index (κ1) is 27.9. The van der Waals surface area contributed by atoms with E-state index in [1.807, 2.05) is 56.4 Å². The van der Waals surface area contributed by atoms with Gasteiger partial charge in [0.1, 0.15) is 38.8 Å². The van der Waals surface area contributed by atoms with Gasteiger partial charge in [0.15, 0.2) is 0 Å². The van der Waals surface area contributed by atoms with E-state index in [1.165, 1.54) is 11.3 Å². The largest absolute Gasteiger partial charge is 0.497 e. The standard InChI is InChI=1S/C30H28N6O4S3/c1-16-24(32-27(41-16)18-6-8-19(9-7-18)29(38)35-10-4-5-20(37)13-35)15-40-25-12-21(39-3)11-22-26(25)43-28(31-22)23-14-36-30(33-23)42-17(2)34-36/h6-9,11-12,14,20,37H,4-5,10,13,15H2,1-3H3. The monoisotopic (exact) mass is 632 g/mol. The summed E-state index contributed by atoms with van der Waals surface area (Å²) in [7, 11) is 1.63. The highest BCUT2D eigenvalue weighted by Gasteiger charge is 2.23. The van der Waals surface area contributed by atoms with Gasteiger partial charge in [-0.25, -0.2) is 19.5 Å². The van der Waals surface area contributed by atoms with Gasteiger partial charge >= 0.3 is 0 Å². The molecule has 1 aliphatic heterocycles. The lowest BCUT2D eigenvalue weighted by Crippen LogP contribution is -2.42. The lowest BCUT2D eigenvalue weighted by Gasteiger charge is -2.30. The second-order valence-corrected chi connectivity index (χ2v) is 13.8. The van der Waals surface area contributed by atoms with Crippen molar-refractivity contribution in [1.29, 1.82) is 0 Å². The summed E-state index contributed by atoms with van der Waals surface area (Å²) >= 11 is 4.65. The summed E-state index contributed by atoms with van der Waals surface area (Å²) in [6, 6.07) is 11.3. The number of β-amino-alcohol motifs (C(OH)–C–C–N with tert-alkyl or cyclic N) is 1. The number of rotatable bonds is 7. The van der Waals surface area contributed by atoms with Gasteiger partial charge in [0, 0.05) is 41.2 Å². The van der Waals surface area contributed by atoms with E-state index in [9.17, 15) is 9.90 Å². The molecular formula is C30H28N6O4S3. The zero-order chi connectivity index (χ0) is 29.7. The second kappa shape index (κ2) is 11.3. The van der Waals surface area contributed by atoms with Gasteiger partial charge in [-0.2, -0.15) is 5.10 Å². The Labute approximate surface area is 259 Å². The third kappa shape index (κ3) is 5.49. The third-order valence-corrected chi connectivity index (χ3v) is 10.4. The number of thiazole rings is 2. The first-order valence-corrected chi connectivity index (χ1v) is 16.3. The van der Waals surface area contributed by atoms with Crippen molar-refractivity contribution in [2.45, 2.75) is 39.4 Å². The van der Waals surface area contributed by atoms with Gasteiger partial charge in [0.05, 0.1) is 35.3 Å². The SMILES string of the molecule is COc1cc(OCc2nc(-c3ccc(C(=O)N4CCCC(O)C4)cc3)sc2C)c2sc(-c3cn4nc(C)sc4n3)nc2c1. The fourth-order valence-corrected chi connectivity index (χ4v) is 7.74. The van der Waals surface area contributed by atoms with Crippen LogP contribution in [0.1, 0.15) is 38.8 Å². The van der Waals surface area contributed by atoms with Crippen molar-refractivity contribution < 1.29 is 19.4 Å². The van der Waals surface area contributed by atoms with E-state index in [4.69, 9.17) is 24.4 Å². The summed E-state index contributed by atoms with van der Waals surface area (Å²) < 4.78 is 14.6. The average molecular weight is 633 g/mol.